The quantitative estimate of drug-likeness (QED) is 0.252. The van der Waals surface area contributed by atoms with Gasteiger partial charge in [-0.2, -0.15) is 13.2 Å². The number of anilines is 2. The molecule has 0 saturated heterocycles. The molecule has 43 heavy (non-hydrogen) atoms. The van der Waals surface area contributed by atoms with Crippen molar-refractivity contribution in [2.24, 2.45) is 5.92 Å². The van der Waals surface area contributed by atoms with E-state index in [0.717, 1.165) is 29.9 Å². The first-order chi connectivity index (χ1) is 20.0. The summed E-state index contributed by atoms with van der Waals surface area (Å²) in [4.78, 5) is 23.9. The lowest BCUT2D eigenvalue weighted by atomic mass is 9.77. The van der Waals surface area contributed by atoms with E-state index in [0.29, 0.717) is 41.3 Å². The number of hydrogen-bond acceptors (Lipinski definition) is 7. The van der Waals surface area contributed by atoms with Gasteiger partial charge in [0.05, 0.1) is 29.8 Å². The molecule has 234 valence electrons. The van der Waals surface area contributed by atoms with Crippen LogP contribution in [-0.2, 0) is 11.0 Å². The van der Waals surface area contributed by atoms with E-state index in [-0.39, 0.29) is 35.5 Å². The molecule has 0 radical (unpaired) electrons. The molecule has 4 N–H and O–H groups in total. The van der Waals surface area contributed by atoms with Gasteiger partial charge in [0.2, 0.25) is 5.91 Å². The Bertz CT molecular complexity index is 1490. The Hall–Kier alpha value is -3.60. The summed E-state index contributed by atoms with van der Waals surface area (Å²) in [6, 6.07) is 5.86. The van der Waals surface area contributed by atoms with Gasteiger partial charge < -0.3 is 25.8 Å². The third-order valence-corrected chi connectivity index (χ3v) is 8.27. The first kappa shape index (κ1) is 32.3. The van der Waals surface area contributed by atoms with Crippen LogP contribution in [0.1, 0.15) is 86.5 Å². The average molecular weight is 602 g/mol. The number of nitrogens with two attached hydrogens (primary N) is 1. The normalized spacial score (nSPS) is 18.4. The lowest BCUT2D eigenvalue weighted by Gasteiger charge is -2.33. The number of methoxy groups -OCH3 is 1. The minimum absolute atomic E-state index is 0.0395. The number of nitrogens with zero attached hydrogens (tertiary/aromatic N) is 3. The molecule has 1 aliphatic rings. The Balaban J connectivity index is 1.63. The largest absolute Gasteiger partial charge is 0.496 e. The highest BCUT2D eigenvalue weighted by atomic mass is 19.4. The number of halogens is 3. The Morgan fingerprint density at radius 2 is 1.79 bits per heavy atom. The number of aryl methyl sites for hydroxylation is 1. The maximum absolute atomic E-state index is 13.7. The number of carbonyl (C=O) groups is 1. The molecule has 0 aliphatic heterocycles. The summed E-state index contributed by atoms with van der Waals surface area (Å²) < 4.78 is 46.8. The molecular formula is C32H42F3N5O3. The van der Waals surface area contributed by atoms with Gasteiger partial charge in [-0.3, -0.25) is 4.79 Å². The second-order valence-electron chi connectivity index (χ2n) is 12.4. The number of aromatic nitrogens is 2. The molecule has 1 heterocycles. The highest BCUT2D eigenvalue weighted by molar-refractivity contribution is 5.91. The number of likely N-dealkylation sites (N-methyl/N-ethyl adjacent to an activating group) is 1. The summed E-state index contributed by atoms with van der Waals surface area (Å²) in [6.07, 6.45) is -1.54. The van der Waals surface area contributed by atoms with E-state index in [9.17, 15) is 23.1 Å². The van der Waals surface area contributed by atoms with E-state index in [1.165, 1.54) is 6.92 Å². The molecule has 1 aliphatic carbocycles. The highest BCUT2D eigenvalue weighted by Gasteiger charge is 2.35. The van der Waals surface area contributed by atoms with Crippen LogP contribution in [0, 0.1) is 19.8 Å². The van der Waals surface area contributed by atoms with Crippen LogP contribution in [0.2, 0.25) is 0 Å². The zero-order valence-electron chi connectivity index (χ0n) is 25.9. The number of benzene rings is 2. The number of amides is 1. The van der Waals surface area contributed by atoms with E-state index in [1.54, 1.807) is 52.8 Å². The number of fused-ring (bicyclic) bond motifs is 1. The first-order valence-corrected chi connectivity index (χ1v) is 14.6. The van der Waals surface area contributed by atoms with E-state index in [4.69, 9.17) is 10.5 Å². The smallest absolute Gasteiger partial charge is 0.416 e. The third-order valence-electron chi connectivity index (χ3n) is 8.27. The second-order valence-corrected chi connectivity index (χ2v) is 12.4. The fourth-order valence-electron chi connectivity index (χ4n) is 6.30. The molecule has 0 bridgehead atoms. The van der Waals surface area contributed by atoms with Crippen molar-refractivity contribution >= 4 is 28.3 Å². The molecule has 1 fully saturated rings. The molecule has 11 heteroatoms. The highest BCUT2D eigenvalue weighted by Crippen LogP contribution is 2.43. The predicted octanol–water partition coefficient (Wildman–Crippen LogP) is 6.53. The fourth-order valence-corrected chi connectivity index (χ4v) is 6.30. The van der Waals surface area contributed by atoms with Gasteiger partial charge in [-0.05, 0) is 101 Å². The summed E-state index contributed by atoms with van der Waals surface area (Å²) in [5.74, 6) is 1.78. The van der Waals surface area contributed by atoms with Gasteiger partial charge in [-0.15, -0.1) is 0 Å². The number of carbonyl (C=O) groups excluding carboxylic acids is 1. The van der Waals surface area contributed by atoms with Crippen molar-refractivity contribution in [1.82, 2.24) is 14.9 Å². The van der Waals surface area contributed by atoms with Crippen LogP contribution in [0.15, 0.2) is 24.3 Å². The number of nitrogens with one attached hydrogen (secondary N) is 1. The van der Waals surface area contributed by atoms with Crippen LogP contribution in [0.25, 0.3) is 10.9 Å². The maximum atomic E-state index is 13.7. The third kappa shape index (κ3) is 7.31. The van der Waals surface area contributed by atoms with Crippen LogP contribution in [-0.4, -0.2) is 52.2 Å². The van der Waals surface area contributed by atoms with Crippen LogP contribution < -0.4 is 15.8 Å². The minimum Gasteiger partial charge on any atom is -0.496 e. The van der Waals surface area contributed by atoms with Gasteiger partial charge in [0.25, 0.3) is 0 Å². The molecule has 0 unspecified atom stereocenters. The molecule has 1 amide bonds. The van der Waals surface area contributed by atoms with Crippen LogP contribution in [0.3, 0.4) is 0 Å². The number of rotatable bonds is 8. The number of alkyl halides is 3. The van der Waals surface area contributed by atoms with E-state index >= 15 is 0 Å². The van der Waals surface area contributed by atoms with Crippen molar-refractivity contribution < 1.29 is 27.8 Å². The van der Waals surface area contributed by atoms with Crippen LogP contribution in [0.4, 0.5) is 24.7 Å². The molecule has 0 spiro atoms. The molecule has 2 aromatic carbocycles. The van der Waals surface area contributed by atoms with Gasteiger partial charge >= 0.3 is 6.18 Å². The Labute approximate surface area is 250 Å². The SMILES string of the molecule is COc1cc2nc(C)nc(N[C@H](C)c3cc(N)cc(C(F)(F)F)c3C)c2cc1[C@H]1CC[C@H](C(=O)N(C)CC(C)(C)O)CC1. The molecule has 4 rings (SSSR count). The van der Waals surface area contributed by atoms with E-state index in [2.05, 4.69) is 15.3 Å². The van der Waals surface area contributed by atoms with Crippen LogP contribution >= 0.6 is 0 Å². The fraction of sp³-hybridized carbons (Fsp3) is 0.531. The van der Waals surface area contributed by atoms with Crippen molar-refractivity contribution in [3.8, 4) is 5.75 Å². The van der Waals surface area contributed by atoms with E-state index < -0.39 is 23.4 Å². The second kappa shape index (κ2) is 12.2. The number of aliphatic hydroxyl groups is 1. The van der Waals surface area contributed by atoms with E-state index in [1.807, 2.05) is 12.1 Å². The lowest BCUT2D eigenvalue weighted by Crippen LogP contribution is -2.43. The lowest BCUT2D eigenvalue weighted by molar-refractivity contribution is -0.138. The summed E-state index contributed by atoms with van der Waals surface area (Å²) >= 11 is 0. The predicted molar refractivity (Wildman–Crippen MR) is 162 cm³/mol. The van der Waals surface area contributed by atoms with Crippen molar-refractivity contribution in [1.29, 1.82) is 0 Å². The molecule has 1 saturated carbocycles. The Morgan fingerprint density at radius 1 is 1.14 bits per heavy atom. The summed E-state index contributed by atoms with van der Waals surface area (Å²) in [5, 5.41) is 14.2. The summed E-state index contributed by atoms with van der Waals surface area (Å²) in [6.45, 7) is 8.63. The minimum atomic E-state index is -4.52. The zero-order valence-corrected chi connectivity index (χ0v) is 25.9. The van der Waals surface area contributed by atoms with Gasteiger partial charge in [0.15, 0.2) is 0 Å². The maximum Gasteiger partial charge on any atom is 0.416 e. The van der Waals surface area contributed by atoms with Crippen molar-refractivity contribution in [3.05, 3.63) is 52.3 Å². The molecule has 1 aromatic heterocycles. The van der Waals surface area contributed by atoms with Crippen molar-refractivity contribution in [2.45, 2.75) is 84.0 Å². The topological polar surface area (TPSA) is 114 Å². The summed E-state index contributed by atoms with van der Waals surface area (Å²) in [5.41, 5.74) is 6.37. The van der Waals surface area contributed by atoms with Crippen molar-refractivity contribution in [3.63, 3.8) is 0 Å². The summed E-state index contributed by atoms with van der Waals surface area (Å²) in [7, 11) is 3.34. The molecule has 8 nitrogen and oxygen atoms in total. The monoisotopic (exact) mass is 601 g/mol. The Kier molecular flexibility index (Phi) is 9.16. The number of ether oxygens (including phenoxy) is 1. The Morgan fingerprint density at radius 3 is 2.37 bits per heavy atom. The van der Waals surface area contributed by atoms with Gasteiger partial charge in [0, 0.05) is 36.7 Å². The first-order valence-electron chi connectivity index (χ1n) is 14.6. The van der Waals surface area contributed by atoms with Crippen molar-refractivity contribution in [2.75, 3.05) is 31.8 Å². The average Bonchev–Trinajstić information content (AvgIpc) is 2.91. The molecule has 1 atom stereocenters. The van der Waals surface area contributed by atoms with Gasteiger partial charge in [0.1, 0.15) is 17.4 Å². The van der Waals surface area contributed by atoms with Crippen LogP contribution in [0.5, 0.6) is 5.75 Å². The van der Waals surface area contributed by atoms with Gasteiger partial charge in [-0.1, -0.05) is 0 Å². The number of nitrogen functional groups attached to an aromatic ring is 1. The number of hydrogen-bond donors (Lipinski definition) is 3. The molecule has 3 aromatic rings. The standard InChI is InChI=1S/C32H42F3N5O3/c1-17-23(12-22(36)13-26(17)32(33,34)35)18(2)37-29-25-14-24(28(43-7)15-27(25)38-19(3)39-29)20-8-10-21(11-9-20)30(41)40(6)16-31(4,5)42/h12-15,18,20-21,42H,8-11,16,36H2,1-7H3,(H,37,38,39)/t18-,20-,21-/m1/s1. The zero-order chi connectivity index (χ0) is 31.9. The van der Waals surface area contributed by atoms with Gasteiger partial charge in [-0.25, -0.2) is 9.97 Å². The molecular weight excluding hydrogens is 559 g/mol.